The minimum absolute atomic E-state index is 0.105. The Morgan fingerprint density at radius 1 is 1.30 bits per heavy atom. The number of rotatable bonds is 6. The van der Waals surface area contributed by atoms with E-state index in [-0.39, 0.29) is 17.8 Å². The first-order valence-electron chi connectivity index (χ1n) is 10.3. The number of hydrogen-bond donors (Lipinski definition) is 1. The highest BCUT2D eigenvalue weighted by molar-refractivity contribution is 5.89. The number of pyridine rings is 1. The number of fused-ring (bicyclic) bond motifs is 1. The van der Waals surface area contributed by atoms with Crippen molar-refractivity contribution in [1.29, 1.82) is 0 Å². The van der Waals surface area contributed by atoms with Crippen LogP contribution in [0.2, 0.25) is 0 Å². The number of aryl methyl sites for hydroxylation is 1. The fourth-order valence-electron chi connectivity index (χ4n) is 4.04. The van der Waals surface area contributed by atoms with E-state index in [0.717, 1.165) is 17.6 Å². The van der Waals surface area contributed by atoms with Crippen LogP contribution in [0.25, 0.3) is 11.2 Å². The Labute approximate surface area is 175 Å². The lowest BCUT2D eigenvalue weighted by Crippen LogP contribution is -2.35. The molecule has 0 bridgehead atoms. The lowest BCUT2D eigenvalue weighted by Gasteiger charge is -2.18. The molecule has 2 aromatic heterocycles. The molecule has 1 aromatic carbocycles. The van der Waals surface area contributed by atoms with Gasteiger partial charge in [0.2, 0.25) is 0 Å². The van der Waals surface area contributed by atoms with Crippen LogP contribution in [-0.2, 0) is 17.7 Å². The number of amides is 2. The molecule has 1 aliphatic heterocycles. The molecule has 3 aromatic rings. The molecule has 8 nitrogen and oxygen atoms in total. The van der Waals surface area contributed by atoms with Gasteiger partial charge in [0.05, 0.1) is 24.7 Å². The zero-order valence-electron chi connectivity index (χ0n) is 17.4. The van der Waals surface area contributed by atoms with Gasteiger partial charge in [-0.3, -0.25) is 9.13 Å². The molecular formula is C22H27N5O3. The van der Waals surface area contributed by atoms with Gasteiger partial charge in [0, 0.05) is 32.1 Å². The van der Waals surface area contributed by atoms with Crippen molar-refractivity contribution in [3.05, 3.63) is 58.6 Å². The summed E-state index contributed by atoms with van der Waals surface area (Å²) >= 11 is 0. The summed E-state index contributed by atoms with van der Waals surface area (Å²) in [5, 5.41) is 2.98. The third kappa shape index (κ3) is 3.82. The van der Waals surface area contributed by atoms with Gasteiger partial charge in [-0.2, -0.15) is 0 Å². The van der Waals surface area contributed by atoms with Crippen LogP contribution >= 0.6 is 0 Å². The van der Waals surface area contributed by atoms with Crippen molar-refractivity contribution in [3.63, 3.8) is 0 Å². The summed E-state index contributed by atoms with van der Waals surface area (Å²) in [6.45, 7) is 4.06. The van der Waals surface area contributed by atoms with E-state index in [9.17, 15) is 9.59 Å². The summed E-state index contributed by atoms with van der Waals surface area (Å²) in [7, 11) is 1.62. The highest BCUT2D eigenvalue weighted by atomic mass is 16.5. The van der Waals surface area contributed by atoms with Crippen molar-refractivity contribution in [2.45, 2.75) is 32.4 Å². The van der Waals surface area contributed by atoms with Gasteiger partial charge < -0.3 is 15.0 Å². The third-order valence-electron chi connectivity index (χ3n) is 5.64. The Balaban J connectivity index is 1.54. The second-order valence-corrected chi connectivity index (χ2v) is 7.52. The smallest absolute Gasteiger partial charge is 0.330 e. The van der Waals surface area contributed by atoms with Crippen LogP contribution in [0.1, 0.15) is 24.9 Å². The Morgan fingerprint density at radius 3 is 2.97 bits per heavy atom. The molecule has 1 aliphatic rings. The van der Waals surface area contributed by atoms with Crippen LogP contribution in [0, 0.1) is 0 Å². The molecule has 0 saturated carbocycles. The van der Waals surface area contributed by atoms with Gasteiger partial charge in [-0.25, -0.2) is 14.6 Å². The van der Waals surface area contributed by atoms with E-state index in [1.54, 1.807) is 27.3 Å². The number of methoxy groups -OCH3 is 1. The number of ether oxygens (including phenoxy) is 1. The molecule has 1 fully saturated rings. The SMILES string of the molecule is CCc1cccc(NC(=O)N2CC[C@@H](n3c(=O)n(CCOC)c4cccnc43)C2)c1. The molecular weight excluding hydrogens is 382 g/mol. The Bertz CT molecular complexity index is 1100. The maximum absolute atomic E-state index is 13.1. The lowest BCUT2D eigenvalue weighted by atomic mass is 10.1. The van der Waals surface area contributed by atoms with Crippen LogP contribution in [0.4, 0.5) is 10.5 Å². The van der Waals surface area contributed by atoms with Crippen LogP contribution in [0.5, 0.6) is 0 Å². The van der Waals surface area contributed by atoms with Gasteiger partial charge in [0.15, 0.2) is 5.65 Å². The maximum atomic E-state index is 13.1. The second-order valence-electron chi connectivity index (χ2n) is 7.52. The second kappa shape index (κ2) is 8.71. The summed E-state index contributed by atoms with van der Waals surface area (Å²) in [5.41, 5.74) is 3.30. The number of nitrogens with zero attached hydrogens (tertiary/aromatic N) is 4. The van der Waals surface area contributed by atoms with Crippen LogP contribution in [-0.4, -0.2) is 51.9 Å². The predicted molar refractivity (Wildman–Crippen MR) is 116 cm³/mol. The number of benzene rings is 1. The van der Waals surface area contributed by atoms with Gasteiger partial charge in [0.25, 0.3) is 0 Å². The van der Waals surface area contributed by atoms with E-state index in [2.05, 4.69) is 17.2 Å². The fourth-order valence-corrected chi connectivity index (χ4v) is 4.04. The highest BCUT2D eigenvalue weighted by Crippen LogP contribution is 2.25. The highest BCUT2D eigenvalue weighted by Gasteiger charge is 2.31. The molecule has 8 heteroatoms. The van der Waals surface area contributed by atoms with Gasteiger partial charge in [0.1, 0.15) is 0 Å². The van der Waals surface area contributed by atoms with Crippen molar-refractivity contribution in [2.75, 3.05) is 32.1 Å². The van der Waals surface area contributed by atoms with Crippen molar-refractivity contribution < 1.29 is 9.53 Å². The van der Waals surface area contributed by atoms with Gasteiger partial charge in [-0.15, -0.1) is 0 Å². The predicted octanol–water partition coefficient (Wildman–Crippen LogP) is 2.89. The molecule has 1 saturated heterocycles. The topological polar surface area (TPSA) is 81.4 Å². The molecule has 4 rings (SSSR count). The van der Waals surface area contributed by atoms with Gasteiger partial charge in [-0.1, -0.05) is 19.1 Å². The molecule has 2 amide bonds. The minimum atomic E-state index is -0.144. The number of carbonyl (C=O) groups is 1. The summed E-state index contributed by atoms with van der Waals surface area (Å²) in [6.07, 6.45) is 3.32. The number of urea groups is 1. The van der Waals surface area contributed by atoms with E-state index in [4.69, 9.17) is 4.74 Å². The van der Waals surface area contributed by atoms with Crippen molar-refractivity contribution >= 4 is 22.9 Å². The largest absolute Gasteiger partial charge is 0.383 e. The number of carbonyl (C=O) groups excluding carboxylic acids is 1. The summed E-state index contributed by atoms with van der Waals surface area (Å²) in [4.78, 5) is 32.1. The first kappa shape index (κ1) is 20.2. The fraction of sp³-hybridized carbons (Fsp3) is 0.409. The molecule has 3 heterocycles. The average Bonchev–Trinajstić information content (AvgIpc) is 3.35. The molecule has 1 atom stereocenters. The maximum Gasteiger partial charge on any atom is 0.330 e. The number of nitrogens with one attached hydrogen (secondary N) is 1. The molecule has 158 valence electrons. The minimum Gasteiger partial charge on any atom is -0.383 e. The Hall–Kier alpha value is -3.13. The van der Waals surface area contributed by atoms with Crippen LogP contribution in [0.15, 0.2) is 47.4 Å². The summed E-state index contributed by atoms with van der Waals surface area (Å²) < 4.78 is 8.59. The zero-order valence-corrected chi connectivity index (χ0v) is 17.4. The standard InChI is InChI=1S/C22H27N5O3/c1-3-16-6-4-7-17(14-16)24-21(28)25-11-9-18(15-25)27-20-19(8-5-10-23-20)26(22(27)29)12-13-30-2/h4-8,10,14,18H,3,9,11-13,15H2,1-2H3,(H,24,28)/t18-/m1/s1. The van der Waals surface area contributed by atoms with E-state index < -0.39 is 0 Å². The molecule has 0 spiro atoms. The van der Waals surface area contributed by atoms with E-state index >= 15 is 0 Å². The summed E-state index contributed by atoms with van der Waals surface area (Å²) in [5.74, 6) is 0. The number of imidazole rings is 1. The van der Waals surface area contributed by atoms with Crippen LogP contribution in [0.3, 0.4) is 0 Å². The summed E-state index contributed by atoms with van der Waals surface area (Å²) in [6, 6.07) is 11.3. The third-order valence-corrected chi connectivity index (χ3v) is 5.64. The zero-order chi connectivity index (χ0) is 21.1. The molecule has 1 N–H and O–H groups in total. The Kier molecular flexibility index (Phi) is 5.85. The molecule has 0 unspecified atom stereocenters. The number of hydrogen-bond acceptors (Lipinski definition) is 4. The number of aromatic nitrogens is 3. The van der Waals surface area contributed by atoms with Gasteiger partial charge in [-0.05, 0) is 42.7 Å². The first-order valence-corrected chi connectivity index (χ1v) is 10.3. The number of anilines is 1. The molecule has 0 radical (unpaired) electrons. The quantitative estimate of drug-likeness (QED) is 0.679. The Morgan fingerprint density at radius 2 is 2.17 bits per heavy atom. The van der Waals surface area contributed by atoms with Gasteiger partial charge >= 0.3 is 11.7 Å². The monoisotopic (exact) mass is 409 g/mol. The molecule has 0 aliphatic carbocycles. The first-order chi connectivity index (χ1) is 14.6. The van der Waals surface area contributed by atoms with E-state index in [1.165, 1.54) is 5.56 Å². The van der Waals surface area contributed by atoms with Crippen LogP contribution < -0.4 is 11.0 Å². The van der Waals surface area contributed by atoms with Crippen molar-refractivity contribution in [3.8, 4) is 0 Å². The van der Waals surface area contributed by atoms with Crippen molar-refractivity contribution in [2.24, 2.45) is 0 Å². The number of likely N-dealkylation sites (tertiary alicyclic amines) is 1. The lowest BCUT2D eigenvalue weighted by molar-refractivity contribution is 0.187. The molecule has 30 heavy (non-hydrogen) atoms. The van der Waals surface area contributed by atoms with Crippen molar-refractivity contribution in [1.82, 2.24) is 19.0 Å². The van der Waals surface area contributed by atoms with E-state index in [0.29, 0.717) is 38.3 Å². The average molecular weight is 409 g/mol. The van der Waals surface area contributed by atoms with E-state index in [1.807, 2.05) is 36.4 Å². The normalized spacial score (nSPS) is 16.3.